The number of amides is 2. The molecule has 0 spiro atoms. The molecule has 0 bridgehead atoms. The Morgan fingerprint density at radius 1 is 1.03 bits per heavy atom. The van der Waals surface area contributed by atoms with E-state index in [0.717, 1.165) is 6.42 Å². The first-order chi connectivity index (χ1) is 14.1. The van der Waals surface area contributed by atoms with E-state index in [1.165, 1.54) is 6.20 Å². The molecule has 7 heteroatoms. The van der Waals surface area contributed by atoms with Crippen LogP contribution in [0.5, 0.6) is 11.6 Å². The van der Waals surface area contributed by atoms with E-state index in [4.69, 9.17) is 4.74 Å². The fourth-order valence-electron chi connectivity index (χ4n) is 2.93. The van der Waals surface area contributed by atoms with Crippen LogP contribution in [0.15, 0.2) is 67.1 Å². The van der Waals surface area contributed by atoms with Crippen molar-refractivity contribution >= 4 is 23.2 Å². The van der Waals surface area contributed by atoms with Crippen LogP contribution >= 0.6 is 0 Å². The third kappa shape index (κ3) is 4.76. The Balaban J connectivity index is 1.37. The van der Waals surface area contributed by atoms with Gasteiger partial charge in [-0.05, 0) is 54.8 Å². The lowest BCUT2D eigenvalue weighted by molar-refractivity contribution is -0.117. The van der Waals surface area contributed by atoms with Gasteiger partial charge in [0.2, 0.25) is 11.8 Å². The molecule has 2 atom stereocenters. The van der Waals surface area contributed by atoms with Crippen molar-refractivity contribution in [2.24, 2.45) is 11.8 Å². The molecular formula is C22H20N4O3. The quantitative estimate of drug-likeness (QED) is 0.663. The molecule has 2 unspecified atom stereocenters. The summed E-state index contributed by atoms with van der Waals surface area (Å²) in [5.41, 5.74) is 1.71. The summed E-state index contributed by atoms with van der Waals surface area (Å²) in [5, 5.41) is 5.71. The molecule has 0 aliphatic heterocycles. The molecule has 0 radical (unpaired) electrons. The van der Waals surface area contributed by atoms with Crippen molar-refractivity contribution in [1.29, 1.82) is 0 Å². The highest BCUT2D eigenvalue weighted by atomic mass is 16.5. The second-order valence-corrected chi connectivity index (χ2v) is 7.01. The molecular weight excluding hydrogens is 368 g/mol. The maximum Gasteiger partial charge on any atom is 0.255 e. The van der Waals surface area contributed by atoms with Crippen LogP contribution in [0.2, 0.25) is 0 Å². The van der Waals surface area contributed by atoms with Crippen LogP contribution < -0.4 is 15.4 Å². The zero-order chi connectivity index (χ0) is 20.2. The van der Waals surface area contributed by atoms with Crippen LogP contribution in [0, 0.1) is 11.8 Å². The summed E-state index contributed by atoms with van der Waals surface area (Å²) in [7, 11) is 0. The van der Waals surface area contributed by atoms with Crippen LogP contribution in [0.25, 0.3) is 0 Å². The smallest absolute Gasteiger partial charge is 0.255 e. The molecule has 7 nitrogen and oxygen atoms in total. The first-order valence-electron chi connectivity index (χ1n) is 9.35. The maximum absolute atomic E-state index is 12.6. The molecule has 2 aromatic carbocycles. The van der Waals surface area contributed by atoms with Gasteiger partial charge < -0.3 is 15.4 Å². The van der Waals surface area contributed by atoms with E-state index < -0.39 is 0 Å². The zero-order valence-corrected chi connectivity index (χ0v) is 15.8. The number of carbonyl (C=O) groups is 2. The van der Waals surface area contributed by atoms with Crippen LogP contribution in [0.4, 0.5) is 11.4 Å². The van der Waals surface area contributed by atoms with Gasteiger partial charge in [0.05, 0.1) is 6.20 Å². The van der Waals surface area contributed by atoms with Gasteiger partial charge in [-0.1, -0.05) is 13.0 Å². The second-order valence-electron chi connectivity index (χ2n) is 7.01. The number of rotatable bonds is 6. The average molecular weight is 388 g/mol. The first kappa shape index (κ1) is 18.6. The van der Waals surface area contributed by atoms with Gasteiger partial charge in [0.1, 0.15) is 5.75 Å². The molecule has 4 rings (SSSR count). The number of nitrogens with zero attached hydrogens (tertiary/aromatic N) is 2. The number of benzene rings is 2. The summed E-state index contributed by atoms with van der Waals surface area (Å²) in [5.74, 6) is 1.24. The maximum atomic E-state index is 12.6. The van der Waals surface area contributed by atoms with Gasteiger partial charge in [0, 0.05) is 35.2 Å². The predicted molar refractivity (Wildman–Crippen MR) is 109 cm³/mol. The fourth-order valence-corrected chi connectivity index (χ4v) is 2.93. The summed E-state index contributed by atoms with van der Waals surface area (Å²) < 4.78 is 5.58. The van der Waals surface area contributed by atoms with E-state index in [-0.39, 0.29) is 17.7 Å². The molecule has 1 heterocycles. The van der Waals surface area contributed by atoms with Crippen molar-refractivity contribution < 1.29 is 14.3 Å². The van der Waals surface area contributed by atoms with Crippen molar-refractivity contribution in [3.05, 3.63) is 72.7 Å². The Morgan fingerprint density at radius 2 is 1.83 bits per heavy atom. The molecule has 146 valence electrons. The summed E-state index contributed by atoms with van der Waals surface area (Å²) >= 11 is 0. The normalized spacial score (nSPS) is 17.3. The minimum Gasteiger partial charge on any atom is -0.438 e. The molecule has 1 fully saturated rings. The van der Waals surface area contributed by atoms with E-state index in [2.05, 4.69) is 27.5 Å². The standard InChI is InChI=1S/C22H20N4O3/c1-14-11-19(14)22(28)26-17-4-2-3-15(12-17)21(27)25-16-5-7-18(8-6-16)29-20-13-23-9-10-24-20/h2-10,12-14,19H,11H2,1H3,(H,25,27)(H,26,28). The third-order valence-electron chi connectivity index (χ3n) is 4.71. The largest absolute Gasteiger partial charge is 0.438 e. The summed E-state index contributed by atoms with van der Waals surface area (Å²) in [6.45, 7) is 2.05. The van der Waals surface area contributed by atoms with Crippen molar-refractivity contribution in [1.82, 2.24) is 9.97 Å². The highest BCUT2D eigenvalue weighted by Crippen LogP contribution is 2.38. The SMILES string of the molecule is CC1CC1C(=O)Nc1cccc(C(=O)Nc2ccc(Oc3cnccn3)cc2)c1. The number of anilines is 2. The number of nitrogens with one attached hydrogen (secondary N) is 2. The highest BCUT2D eigenvalue weighted by Gasteiger charge is 2.39. The van der Waals surface area contributed by atoms with E-state index in [0.29, 0.717) is 34.5 Å². The minimum absolute atomic E-state index is 0.00810. The number of aromatic nitrogens is 2. The molecule has 1 saturated carbocycles. The van der Waals surface area contributed by atoms with Crippen LogP contribution in [0.1, 0.15) is 23.7 Å². The zero-order valence-electron chi connectivity index (χ0n) is 15.8. The van der Waals surface area contributed by atoms with Gasteiger partial charge in [0.25, 0.3) is 5.91 Å². The van der Waals surface area contributed by atoms with Gasteiger partial charge in [-0.2, -0.15) is 0 Å². The van der Waals surface area contributed by atoms with Crippen LogP contribution in [-0.4, -0.2) is 21.8 Å². The molecule has 1 aromatic heterocycles. The van der Waals surface area contributed by atoms with Crippen molar-refractivity contribution in [2.75, 3.05) is 10.6 Å². The lowest BCUT2D eigenvalue weighted by Gasteiger charge is -2.09. The number of carbonyl (C=O) groups excluding carboxylic acids is 2. The number of ether oxygens (including phenoxy) is 1. The number of hydrogen-bond acceptors (Lipinski definition) is 5. The number of hydrogen-bond donors (Lipinski definition) is 2. The van der Waals surface area contributed by atoms with E-state index >= 15 is 0 Å². The molecule has 0 saturated heterocycles. The third-order valence-corrected chi connectivity index (χ3v) is 4.71. The van der Waals surface area contributed by atoms with Crippen LogP contribution in [0.3, 0.4) is 0 Å². The lowest BCUT2D eigenvalue weighted by Crippen LogP contribution is -2.16. The van der Waals surface area contributed by atoms with E-state index in [1.807, 2.05) is 0 Å². The predicted octanol–water partition coefficient (Wildman–Crippen LogP) is 4.12. The molecule has 3 aromatic rings. The van der Waals surface area contributed by atoms with Crippen molar-refractivity contribution in [3.63, 3.8) is 0 Å². The summed E-state index contributed by atoms with van der Waals surface area (Å²) in [6, 6.07) is 13.9. The lowest BCUT2D eigenvalue weighted by atomic mass is 10.1. The van der Waals surface area contributed by atoms with Gasteiger partial charge in [-0.15, -0.1) is 0 Å². The Kier molecular flexibility index (Phi) is 5.20. The molecule has 1 aliphatic rings. The van der Waals surface area contributed by atoms with Gasteiger partial charge in [-0.25, -0.2) is 4.98 Å². The summed E-state index contributed by atoms with van der Waals surface area (Å²) in [4.78, 5) is 32.6. The second kappa shape index (κ2) is 8.10. The van der Waals surface area contributed by atoms with Gasteiger partial charge >= 0.3 is 0 Å². The minimum atomic E-state index is -0.261. The Morgan fingerprint density at radius 3 is 2.52 bits per heavy atom. The van der Waals surface area contributed by atoms with Gasteiger partial charge in [0.15, 0.2) is 0 Å². The van der Waals surface area contributed by atoms with Crippen LogP contribution in [-0.2, 0) is 4.79 Å². The molecule has 2 amide bonds. The highest BCUT2D eigenvalue weighted by molar-refractivity contribution is 6.05. The van der Waals surface area contributed by atoms with Crippen molar-refractivity contribution in [2.45, 2.75) is 13.3 Å². The molecule has 29 heavy (non-hydrogen) atoms. The van der Waals surface area contributed by atoms with E-state index in [9.17, 15) is 9.59 Å². The molecule has 1 aliphatic carbocycles. The van der Waals surface area contributed by atoms with E-state index in [1.54, 1.807) is 60.9 Å². The summed E-state index contributed by atoms with van der Waals surface area (Å²) in [6.07, 6.45) is 5.55. The Bertz CT molecular complexity index is 1020. The van der Waals surface area contributed by atoms with Gasteiger partial charge in [-0.3, -0.25) is 14.6 Å². The monoisotopic (exact) mass is 388 g/mol. The topological polar surface area (TPSA) is 93.2 Å². The molecule has 2 N–H and O–H groups in total. The van der Waals surface area contributed by atoms with Crippen molar-refractivity contribution in [3.8, 4) is 11.6 Å². The Hall–Kier alpha value is -3.74. The average Bonchev–Trinajstić information content (AvgIpc) is 3.47. The first-order valence-corrected chi connectivity index (χ1v) is 9.35. The Labute approximate surface area is 168 Å². The fraction of sp³-hybridized carbons (Fsp3) is 0.182.